The van der Waals surface area contributed by atoms with Crippen LogP contribution < -0.4 is 5.32 Å². The highest BCUT2D eigenvalue weighted by Crippen LogP contribution is 2.38. The van der Waals surface area contributed by atoms with Crippen molar-refractivity contribution in [1.82, 2.24) is 15.5 Å². The van der Waals surface area contributed by atoms with E-state index in [0.717, 1.165) is 5.82 Å². The van der Waals surface area contributed by atoms with E-state index in [0.29, 0.717) is 18.4 Å². The Balaban J connectivity index is 1.90. The minimum Gasteiger partial charge on any atom is -0.338 e. The molecule has 78 valence electrons. The topological polar surface area (TPSA) is 51.0 Å². The Bertz CT molecular complexity index is 309. The molecule has 14 heavy (non-hydrogen) atoms. The summed E-state index contributed by atoms with van der Waals surface area (Å²) < 4.78 is 5.14. The van der Waals surface area contributed by atoms with Gasteiger partial charge in [0, 0.05) is 11.5 Å². The van der Waals surface area contributed by atoms with Gasteiger partial charge in [0.2, 0.25) is 5.89 Å². The molecule has 0 atom stereocenters. The molecule has 4 nitrogen and oxygen atoms in total. The van der Waals surface area contributed by atoms with Crippen molar-refractivity contribution in [3.63, 3.8) is 0 Å². The quantitative estimate of drug-likeness (QED) is 0.799. The lowest BCUT2D eigenvalue weighted by Crippen LogP contribution is -2.35. The molecule has 0 unspecified atom stereocenters. The SMILES string of the molecule is CC(C)(C)NCc1nc(C2CC2)no1. The lowest BCUT2D eigenvalue weighted by molar-refractivity contribution is 0.334. The summed E-state index contributed by atoms with van der Waals surface area (Å²) >= 11 is 0. The number of aromatic nitrogens is 2. The van der Waals surface area contributed by atoms with Gasteiger partial charge in [0.15, 0.2) is 5.82 Å². The molecule has 1 aliphatic rings. The average molecular weight is 195 g/mol. The minimum atomic E-state index is 0.0915. The molecule has 1 saturated carbocycles. The summed E-state index contributed by atoms with van der Waals surface area (Å²) in [6.45, 7) is 7.00. The van der Waals surface area contributed by atoms with E-state index >= 15 is 0 Å². The predicted octanol–water partition coefficient (Wildman–Crippen LogP) is 1.84. The predicted molar refractivity (Wildman–Crippen MR) is 52.9 cm³/mol. The summed E-state index contributed by atoms with van der Waals surface area (Å²) in [5.74, 6) is 2.15. The molecule has 0 aromatic carbocycles. The Kier molecular flexibility index (Phi) is 2.31. The van der Waals surface area contributed by atoms with E-state index in [-0.39, 0.29) is 5.54 Å². The van der Waals surface area contributed by atoms with Gasteiger partial charge in [0.1, 0.15) is 0 Å². The number of nitrogens with one attached hydrogen (secondary N) is 1. The van der Waals surface area contributed by atoms with Crippen molar-refractivity contribution in [3.05, 3.63) is 11.7 Å². The van der Waals surface area contributed by atoms with Crippen LogP contribution in [-0.4, -0.2) is 15.7 Å². The number of hydrogen-bond donors (Lipinski definition) is 1. The molecule has 2 rings (SSSR count). The van der Waals surface area contributed by atoms with Crippen molar-refractivity contribution in [2.75, 3.05) is 0 Å². The molecule has 0 amide bonds. The summed E-state index contributed by atoms with van der Waals surface area (Å²) in [5.41, 5.74) is 0.0915. The van der Waals surface area contributed by atoms with Gasteiger partial charge in [-0.2, -0.15) is 4.98 Å². The van der Waals surface area contributed by atoms with Crippen LogP contribution in [0.25, 0.3) is 0 Å². The highest BCUT2D eigenvalue weighted by molar-refractivity contribution is 5.03. The first-order chi connectivity index (χ1) is 6.54. The Hall–Kier alpha value is -0.900. The van der Waals surface area contributed by atoms with Crippen LogP contribution in [0.1, 0.15) is 51.2 Å². The highest BCUT2D eigenvalue weighted by atomic mass is 16.5. The fourth-order valence-corrected chi connectivity index (χ4v) is 1.19. The smallest absolute Gasteiger partial charge is 0.240 e. The second-order valence-corrected chi connectivity index (χ2v) is 4.92. The van der Waals surface area contributed by atoms with E-state index in [9.17, 15) is 0 Å². The third kappa shape index (κ3) is 2.54. The molecule has 1 heterocycles. The van der Waals surface area contributed by atoms with Crippen LogP contribution in [0.3, 0.4) is 0 Å². The molecule has 4 heteroatoms. The zero-order valence-electron chi connectivity index (χ0n) is 9.00. The van der Waals surface area contributed by atoms with Crippen LogP contribution in [0.4, 0.5) is 0 Å². The second-order valence-electron chi connectivity index (χ2n) is 4.92. The molecular formula is C10H17N3O. The molecule has 0 bridgehead atoms. The number of nitrogens with zero attached hydrogens (tertiary/aromatic N) is 2. The lowest BCUT2D eigenvalue weighted by atomic mass is 10.1. The number of hydrogen-bond acceptors (Lipinski definition) is 4. The molecule has 0 saturated heterocycles. The van der Waals surface area contributed by atoms with Gasteiger partial charge in [-0.3, -0.25) is 0 Å². The fourth-order valence-electron chi connectivity index (χ4n) is 1.19. The molecule has 1 aliphatic carbocycles. The van der Waals surface area contributed by atoms with Gasteiger partial charge in [0.25, 0.3) is 0 Å². The molecule has 1 aromatic rings. The fraction of sp³-hybridized carbons (Fsp3) is 0.800. The Morgan fingerprint density at radius 3 is 2.71 bits per heavy atom. The third-order valence-corrected chi connectivity index (χ3v) is 2.20. The van der Waals surface area contributed by atoms with Crippen LogP contribution in [0.5, 0.6) is 0 Å². The summed E-state index contributed by atoms with van der Waals surface area (Å²) in [4.78, 5) is 4.34. The Morgan fingerprint density at radius 1 is 1.43 bits per heavy atom. The van der Waals surface area contributed by atoms with Gasteiger partial charge >= 0.3 is 0 Å². The van der Waals surface area contributed by atoms with Gasteiger partial charge in [0.05, 0.1) is 6.54 Å². The van der Waals surface area contributed by atoms with Crippen molar-refractivity contribution in [2.45, 2.75) is 51.6 Å². The Morgan fingerprint density at radius 2 is 2.14 bits per heavy atom. The molecule has 0 spiro atoms. The lowest BCUT2D eigenvalue weighted by Gasteiger charge is -2.18. The highest BCUT2D eigenvalue weighted by Gasteiger charge is 2.28. The molecule has 1 fully saturated rings. The maximum Gasteiger partial charge on any atom is 0.240 e. The zero-order valence-corrected chi connectivity index (χ0v) is 9.00. The van der Waals surface area contributed by atoms with Crippen molar-refractivity contribution in [2.24, 2.45) is 0 Å². The first-order valence-corrected chi connectivity index (χ1v) is 5.12. The summed E-state index contributed by atoms with van der Waals surface area (Å²) in [6, 6.07) is 0. The van der Waals surface area contributed by atoms with Crippen molar-refractivity contribution in [3.8, 4) is 0 Å². The first kappa shape index (κ1) is 9.65. The van der Waals surface area contributed by atoms with E-state index in [1.807, 2.05) is 0 Å². The third-order valence-electron chi connectivity index (χ3n) is 2.20. The van der Waals surface area contributed by atoms with Crippen molar-refractivity contribution in [1.29, 1.82) is 0 Å². The van der Waals surface area contributed by atoms with Crippen molar-refractivity contribution >= 4 is 0 Å². The largest absolute Gasteiger partial charge is 0.338 e. The van der Waals surface area contributed by atoms with E-state index in [2.05, 4.69) is 36.2 Å². The van der Waals surface area contributed by atoms with Crippen LogP contribution >= 0.6 is 0 Å². The second kappa shape index (κ2) is 3.35. The van der Waals surface area contributed by atoms with Gasteiger partial charge < -0.3 is 9.84 Å². The zero-order chi connectivity index (χ0) is 10.2. The summed E-state index contributed by atoms with van der Waals surface area (Å²) in [7, 11) is 0. The first-order valence-electron chi connectivity index (χ1n) is 5.12. The van der Waals surface area contributed by atoms with E-state index in [1.165, 1.54) is 12.8 Å². The van der Waals surface area contributed by atoms with Gasteiger partial charge in [-0.05, 0) is 33.6 Å². The van der Waals surface area contributed by atoms with E-state index < -0.39 is 0 Å². The van der Waals surface area contributed by atoms with Crippen LogP contribution in [0.2, 0.25) is 0 Å². The van der Waals surface area contributed by atoms with Gasteiger partial charge in [-0.25, -0.2) is 0 Å². The van der Waals surface area contributed by atoms with E-state index in [1.54, 1.807) is 0 Å². The maximum absolute atomic E-state index is 5.14. The van der Waals surface area contributed by atoms with Crippen LogP contribution in [0.15, 0.2) is 4.52 Å². The Labute approximate surface area is 84.1 Å². The average Bonchev–Trinajstić information content (AvgIpc) is 2.81. The minimum absolute atomic E-state index is 0.0915. The standard InChI is InChI=1S/C10H17N3O/c1-10(2,3)11-6-8-12-9(13-14-8)7-4-5-7/h7,11H,4-6H2,1-3H3. The van der Waals surface area contributed by atoms with Gasteiger partial charge in [-0.15, -0.1) is 0 Å². The summed E-state index contributed by atoms with van der Waals surface area (Å²) in [6.07, 6.45) is 2.43. The van der Waals surface area contributed by atoms with Crippen LogP contribution in [-0.2, 0) is 6.54 Å². The monoisotopic (exact) mass is 195 g/mol. The molecule has 1 N–H and O–H groups in total. The van der Waals surface area contributed by atoms with Gasteiger partial charge in [-0.1, -0.05) is 5.16 Å². The maximum atomic E-state index is 5.14. The van der Waals surface area contributed by atoms with Crippen molar-refractivity contribution < 1.29 is 4.52 Å². The normalized spacial score (nSPS) is 17.4. The molecule has 1 aromatic heterocycles. The van der Waals surface area contributed by atoms with Crippen LogP contribution in [0, 0.1) is 0 Å². The number of rotatable bonds is 3. The summed E-state index contributed by atoms with van der Waals surface area (Å²) in [5, 5.41) is 7.27. The molecular weight excluding hydrogens is 178 g/mol. The molecule has 0 aliphatic heterocycles. The molecule has 0 radical (unpaired) electrons. The van der Waals surface area contributed by atoms with E-state index in [4.69, 9.17) is 4.52 Å².